The van der Waals surface area contributed by atoms with Crippen LogP contribution in [-0.2, 0) is 0 Å². The molecule has 1 saturated carbocycles. The second kappa shape index (κ2) is 6.00. The first-order chi connectivity index (χ1) is 9.74. The minimum atomic E-state index is 0.589. The first-order valence-corrected chi connectivity index (χ1v) is 8.36. The number of nitrogens with one attached hydrogen (secondary N) is 1. The Morgan fingerprint density at radius 2 is 2.30 bits per heavy atom. The molecule has 3 rings (SSSR count). The van der Waals surface area contributed by atoms with E-state index in [2.05, 4.69) is 23.3 Å². The van der Waals surface area contributed by atoms with Crippen LogP contribution in [0.1, 0.15) is 39.5 Å². The molecule has 0 radical (unpaired) electrons. The standard InChI is InChI=1S/C16H22N2OS/c1-3-19-13-7-8-14-15(10-13)20-16(18-14)17-12-6-4-5-11(2)9-12/h7-8,10-12H,3-6,9H2,1-2H3,(H,17,18). The summed E-state index contributed by atoms with van der Waals surface area (Å²) in [5.41, 5.74) is 1.06. The number of ether oxygens (including phenoxy) is 1. The summed E-state index contributed by atoms with van der Waals surface area (Å²) in [7, 11) is 0. The predicted molar refractivity (Wildman–Crippen MR) is 85.8 cm³/mol. The fourth-order valence-corrected chi connectivity index (χ4v) is 3.93. The average Bonchev–Trinajstić information content (AvgIpc) is 2.80. The van der Waals surface area contributed by atoms with Crippen LogP contribution >= 0.6 is 11.3 Å². The molecule has 1 heterocycles. The van der Waals surface area contributed by atoms with Gasteiger partial charge in [-0.15, -0.1) is 0 Å². The Kier molecular flexibility index (Phi) is 4.10. The molecule has 0 saturated heterocycles. The second-order valence-corrected chi connectivity index (χ2v) is 6.73. The Morgan fingerprint density at radius 3 is 3.10 bits per heavy atom. The van der Waals surface area contributed by atoms with Gasteiger partial charge in [0.25, 0.3) is 0 Å². The summed E-state index contributed by atoms with van der Waals surface area (Å²) in [5.74, 6) is 1.77. The van der Waals surface area contributed by atoms with E-state index < -0.39 is 0 Å². The van der Waals surface area contributed by atoms with Crippen molar-refractivity contribution in [2.45, 2.75) is 45.6 Å². The van der Waals surface area contributed by atoms with E-state index in [4.69, 9.17) is 4.74 Å². The maximum absolute atomic E-state index is 5.55. The third-order valence-corrected chi connectivity index (χ3v) is 4.88. The lowest BCUT2D eigenvalue weighted by molar-refractivity contribution is 0.341. The van der Waals surface area contributed by atoms with E-state index >= 15 is 0 Å². The Bertz CT molecular complexity index is 581. The Hall–Kier alpha value is -1.29. The van der Waals surface area contributed by atoms with Crippen LogP contribution in [0.25, 0.3) is 10.2 Å². The van der Waals surface area contributed by atoms with Gasteiger partial charge in [-0.3, -0.25) is 0 Å². The molecule has 1 aliphatic rings. The molecule has 3 nitrogen and oxygen atoms in total. The second-order valence-electron chi connectivity index (χ2n) is 5.69. The molecule has 0 spiro atoms. The Balaban J connectivity index is 1.75. The fraction of sp³-hybridized carbons (Fsp3) is 0.562. The smallest absolute Gasteiger partial charge is 0.184 e. The third kappa shape index (κ3) is 3.06. The highest BCUT2D eigenvalue weighted by molar-refractivity contribution is 7.22. The summed E-state index contributed by atoms with van der Waals surface area (Å²) in [6.07, 6.45) is 5.23. The fourth-order valence-electron chi connectivity index (χ4n) is 2.96. The van der Waals surface area contributed by atoms with Crippen molar-refractivity contribution in [2.75, 3.05) is 11.9 Å². The van der Waals surface area contributed by atoms with Gasteiger partial charge in [-0.25, -0.2) is 4.98 Å². The van der Waals surface area contributed by atoms with E-state index in [1.54, 1.807) is 11.3 Å². The van der Waals surface area contributed by atoms with Gasteiger partial charge in [0, 0.05) is 6.04 Å². The van der Waals surface area contributed by atoms with Crippen LogP contribution in [-0.4, -0.2) is 17.6 Å². The van der Waals surface area contributed by atoms with Gasteiger partial charge in [0.1, 0.15) is 5.75 Å². The number of benzene rings is 1. The van der Waals surface area contributed by atoms with Crippen molar-refractivity contribution in [3.8, 4) is 5.75 Å². The topological polar surface area (TPSA) is 34.1 Å². The molecule has 0 bridgehead atoms. The molecule has 1 aromatic carbocycles. The van der Waals surface area contributed by atoms with Crippen molar-refractivity contribution in [3.63, 3.8) is 0 Å². The summed E-state index contributed by atoms with van der Waals surface area (Å²) < 4.78 is 6.74. The van der Waals surface area contributed by atoms with Crippen LogP contribution in [0.4, 0.5) is 5.13 Å². The zero-order valence-corrected chi connectivity index (χ0v) is 13.0. The van der Waals surface area contributed by atoms with Gasteiger partial charge in [-0.05, 0) is 43.9 Å². The van der Waals surface area contributed by atoms with Crippen LogP contribution in [0, 0.1) is 5.92 Å². The van der Waals surface area contributed by atoms with Crippen molar-refractivity contribution < 1.29 is 4.74 Å². The van der Waals surface area contributed by atoms with Gasteiger partial charge in [0.05, 0.1) is 16.8 Å². The Morgan fingerprint density at radius 1 is 1.40 bits per heavy atom. The number of hydrogen-bond acceptors (Lipinski definition) is 4. The van der Waals surface area contributed by atoms with Crippen LogP contribution in [0.3, 0.4) is 0 Å². The number of fused-ring (bicyclic) bond motifs is 1. The summed E-state index contributed by atoms with van der Waals surface area (Å²) in [6, 6.07) is 6.72. The summed E-state index contributed by atoms with van der Waals surface area (Å²) in [5, 5.41) is 4.67. The zero-order chi connectivity index (χ0) is 13.9. The maximum atomic E-state index is 5.55. The van der Waals surface area contributed by atoms with Gasteiger partial charge < -0.3 is 10.1 Å². The van der Waals surface area contributed by atoms with Crippen molar-refractivity contribution in [3.05, 3.63) is 18.2 Å². The van der Waals surface area contributed by atoms with Gasteiger partial charge >= 0.3 is 0 Å². The molecule has 1 N–H and O–H groups in total. The number of anilines is 1. The molecule has 1 fully saturated rings. The van der Waals surface area contributed by atoms with Gasteiger partial charge in [-0.2, -0.15) is 0 Å². The van der Waals surface area contributed by atoms with E-state index in [-0.39, 0.29) is 0 Å². The molecule has 108 valence electrons. The number of rotatable bonds is 4. The normalized spacial score (nSPS) is 22.9. The number of thiazole rings is 1. The molecular weight excluding hydrogens is 268 g/mol. The minimum absolute atomic E-state index is 0.589. The molecule has 0 aliphatic heterocycles. The van der Waals surface area contributed by atoms with Crippen molar-refractivity contribution in [1.29, 1.82) is 0 Å². The quantitative estimate of drug-likeness (QED) is 0.887. The molecule has 2 atom stereocenters. The molecule has 1 aromatic heterocycles. The predicted octanol–water partition coefficient (Wildman–Crippen LogP) is 4.69. The third-order valence-electron chi connectivity index (χ3n) is 3.93. The van der Waals surface area contributed by atoms with Crippen LogP contribution in [0.2, 0.25) is 0 Å². The van der Waals surface area contributed by atoms with E-state index in [0.717, 1.165) is 22.3 Å². The first kappa shape index (κ1) is 13.7. The van der Waals surface area contributed by atoms with Crippen LogP contribution in [0.5, 0.6) is 5.75 Å². The summed E-state index contributed by atoms with van der Waals surface area (Å²) in [6.45, 7) is 5.06. The van der Waals surface area contributed by atoms with Gasteiger partial charge in [-0.1, -0.05) is 31.1 Å². The monoisotopic (exact) mass is 290 g/mol. The summed E-state index contributed by atoms with van der Waals surface area (Å²) >= 11 is 1.73. The van der Waals surface area contributed by atoms with Crippen LogP contribution in [0.15, 0.2) is 18.2 Å². The molecule has 4 heteroatoms. The number of nitrogens with zero attached hydrogens (tertiary/aromatic N) is 1. The van der Waals surface area contributed by atoms with Crippen molar-refractivity contribution in [1.82, 2.24) is 4.98 Å². The Labute approximate surface area is 124 Å². The SMILES string of the molecule is CCOc1ccc2nc(NC3CCCC(C)C3)sc2c1. The molecule has 2 unspecified atom stereocenters. The number of aromatic nitrogens is 1. The van der Waals surface area contributed by atoms with Gasteiger partial charge in [0.15, 0.2) is 5.13 Å². The van der Waals surface area contributed by atoms with E-state index in [1.807, 2.05) is 19.1 Å². The lowest BCUT2D eigenvalue weighted by atomic mass is 9.87. The van der Waals surface area contributed by atoms with Gasteiger partial charge in [0.2, 0.25) is 0 Å². The van der Waals surface area contributed by atoms with E-state index in [0.29, 0.717) is 12.6 Å². The van der Waals surface area contributed by atoms with Crippen LogP contribution < -0.4 is 10.1 Å². The highest BCUT2D eigenvalue weighted by atomic mass is 32.1. The summed E-state index contributed by atoms with van der Waals surface area (Å²) in [4.78, 5) is 4.68. The average molecular weight is 290 g/mol. The maximum Gasteiger partial charge on any atom is 0.184 e. The molecule has 2 aromatic rings. The minimum Gasteiger partial charge on any atom is -0.494 e. The van der Waals surface area contributed by atoms with Crippen molar-refractivity contribution in [2.24, 2.45) is 5.92 Å². The lowest BCUT2D eigenvalue weighted by Crippen LogP contribution is -2.25. The molecule has 0 amide bonds. The molecule has 20 heavy (non-hydrogen) atoms. The van der Waals surface area contributed by atoms with E-state index in [1.165, 1.54) is 30.4 Å². The van der Waals surface area contributed by atoms with Crippen molar-refractivity contribution >= 4 is 26.7 Å². The molecule has 1 aliphatic carbocycles. The first-order valence-electron chi connectivity index (χ1n) is 7.54. The number of hydrogen-bond donors (Lipinski definition) is 1. The lowest BCUT2D eigenvalue weighted by Gasteiger charge is -2.27. The molecular formula is C16H22N2OS. The highest BCUT2D eigenvalue weighted by Gasteiger charge is 2.19. The van der Waals surface area contributed by atoms with E-state index in [9.17, 15) is 0 Å². The highest BCUT2D eigenvalue weighted by Crippen LogP contribution is 2.32. The zero-order valence-electron chi connectivity index (χ0n) is 12.2. The largest absolute Gasteiger partial charge is 0.494 e.